The lowest BCUT2D eigenvalue weighted by molar-refractivity contribution is 0.103. The van der Waals surface area contributed by atoms with E-state index in [2.05, 4.69) is 6.92 Å². The van der Waals surface area contributed by atoms with Crippen molar-refractivity contribution >= 4 is 5.78 Å². The van der Waals surface area contributed by atoms with Crippen LogP contribution >= 0.6 is 0 Å². The van der Waals surface area contributed by atoms with E-state index in [1.165, 1.54) is 5.56 Å². The lowest BCUT2D eigenvalue weighted by Crippen LogP contribution is -2.01. The number of ketones is 1. The Bertz CT molecular complexity index is 506. The molecular formula is C15H16O2. The molecule has 88 valence electrons. The first-order chi connectivity index (χ1) is 8.22. The van der Waals surface area contributed by atoms with Crippen molar-refractivity contribution in [1.82, 2.24) is 0 Å². The van der Waals surface area contributed by atoms with Crippen molar-refractivity contribution in [3.8, 4) is 0 Å². The zero-order valence-corrected chi connectivity index (χ0v) is 10.2. The van der Waals surface area contributed by atoms with E-state index in [1.54, 1.807) is 19.3 Å². The lowest BCUT2D eigenvalue weighted by Gasteiger charge is -2.02. The molecule has 0 saturated carbocycles. The van der Waals surface area contributed by atoms with Gasteiger partial charge in [0.15, 0.2) is 5.78 Å². The van der Waals surface area contributed by atoms with E-state index in [0.717, 1.165) is 12.8 Å². The van der Waals surface area contributed by atoms with Gasteiger partial charge >= 0.3 is 0 Å². The second-order valence-electron chi connectivity index (χ2n) is 4.17. The highest BCUT2D eigenvalue weighted by Crippen LogP contribution is 2.16. The maximum atomic E-state index is 12.1. The van der Waals surface area contributed by atoms with Gasteiger partial charge in [-0.15, -0.1) is 0 Å². The molecule has 2 rings (SSSR count). The third kappa shape index (κ3) is 2.47. The van der Waals surface area contributed by atoms with Crippen LogP contribution in [0.3, 0.4) is 0 Å². The summed E-state index contributed by atoms with van der Waals surface area (Å²) in [5.41, 5.74) is 2.63. The molecule has 0 fully saturated rings. The standard InChI is InChI=1S/C15H16O2/c1-3-4-12-5-7-13(8-6-12)15(16)14-9-10-17-11(14)2/h5-10H,3-4H2,1-2H3. The van der Waals surface area contributed by atoms with Crippen molar-refractivity contribution in [3.05, 3.63) is 59.0 Å². The zero-order valence-electron chi connectivity index (χ0n) is 10.2. The van der Waals surface area contributed by atoms with E-state index < -0.39 is 0 Å². The first kappa shape index (κ1) is 11.6. The van der Waals surface area contributed by atoms with Crippen LogP contribution in [0.2, 0.25) is 0 Å². The van der Waals surface area contributed by atoms with Gasteiger partial charge in [-0.3, -0.25) is 4.79 Å². The summed E-state index contributed by atoms with van der Waals surface area (Å²) < 4.78 is 5.15. The van der Waals surface area contributed by atoms with Crippen LogP contribution in [-0.4, -0.2) is 5.78 Å². The Morgan fingerprint density at radius 2 is 1.88 bits per heavy atom. The van der Waals surface area contributed by atoms with Gasteiger partial charge in [0.2, 0.25) is 0 Å². The van der Waals surface area contributed by atoms with Crippen LogP contribution in [0, 0.1) is 6.92 Å². The Morgan fingerprint density at radius 3 is 2.41 bits per heavy atom. The van der Waals surface area contributed by atoms with E-state index >= 15 is 0 Å². The topological polar surface area (TPSA) is 30.2 Å². The van der Waals surface area contributed by atoms with Crippen molar-refractivity contribution in [2.75, 3.05) is 0 Å². The Labute approximate surface area is 101 Å². The fourth-order valence-corrected chi connectivity index (χ4v) is 1.89. The highest BCUT2D eigenvalue weighted by Gasteiger charge is 2.13. The maximum Gasteiger partial charge on any atom is 0.196 e. The van der Waals surface area contributed by atoms with Gasteiger partial charge in [0.25, 0.3) is 0 Å². The van der Waals surface area contributed by atoms with Gasteiger partial charge in [0.1, 0.15) is 5.76 Å². The zero-order chi connectivity index (χ0) is 12.3. The SMILES string of the molecule is CCCc1ccc(C(=O)c2ccoc2C)cc1. The molecule has 1 aromatic heterocycles. The molecular weight excluding hydrogens is 212 g/mol. The molecule has 2 nitrogen and oxygen atoms in total. The average Bonchev–Trinajstić information content (AvgIpc) is 2.76. The number of hydrogen-bond donors (Lipinski definition) is 0. The Hall–Kier alpha value is -1.83. The van der Waals surface area contributed by atoms with Crippen molar-refractivity contribution in [2.45, 2.75) is 26.7 Å². The minimum Gasteiger partial charge on any atom is -0.469 e. The van der Waals surface area contributed by atoms with Gasteiger partial charge in [0, 0.05) is 5.56 Å². The van der Waals surface area contributed by atoms with Crippen LogP contribution in [0.1, 0.15) is 40.6 Å². The van der Waals surface area contributed by atoms with Crippen LogP contribution < -0.4 is 0 Å². The summed E-state index contributed by atoms with van der Waals surface area (Å²) in [6, 6.07) is 9.54. The molecule has 0 saturated heterocycles. The molecule has 0 radical (unpaired) electrons. The smallest absolute Gasteiger partial charge is 0.196 e. The Kier molecular flexibility index (Phi) is 3.43. The number of carbonyl (C=O) groups is 1. The van der Waals surface area contributed by atoms with E-state index in [4.69, 9.17) is 4.42 Å². The van der Waals surface area contributed by atoms with Gasteiger partial charge < -0.3 is 4.42 Å². The van der Waals surface area contributed by atoms with Crippen LogP contribution in [0.25, 0.3) is 0 Å². The maximum absolute atomic E-state index is 12.1. The molecule has 1 heterocycles. The Balaban J connectivity index is 2.23. The number of benzene rings is 1. The second-order valence-corrected chi connectivity index (χ2v) is 4.17. The number of rotatable bonds is 4. The van der Waals surface area contributed by atoms with E-state index in [1.807, 2.05) is 24.3 Å². The van der Waals surface area contributed by atoms with Crippen molar-refractivity contribution in [1.29, 1.82) is 0 Å². The third-order valence-electron chi connectivity index (χ3n) is 2.86. The predicted molar refractivity (Wildman–Crippen MR) is 67.3 cm³/mol. The third-order valence-corrected chi connectivity index (χ3v) is 2.86. The van der Waals surface area contributed by atoms with Gasteiger partial charge in [0.05, 0.1) is 11.8 Å². The molecule has 0 bridgehead atoms. The normalized spacial score (nSPS) is 10.5. The van der Waals surface area contributed by atoms with Crippen LogP contribution in [-0.2, 0) is 6.42 Å². The summed E-state index contributed by atoms with van der Waals surface area (Å²) in [6.45, 7) is 3.95. The van der Waals surface area contributed by atoms with E-state index in [-0.39, 0.29) is 5.78 Å². The van der Waals surface area contributed by atoms with Crippen molar-refractivity contribution in [2.24, 2.45) is 0 Å². The van der Waals surface area contributed by atoms with Crippen LogP contribution in [0.15, 0.2) is 41.0 Å². The summed E-state index contributed by atoms with van der Waals surface area (Å²) in [7, 11) is 0. The first-order valence-electron chi connectivity index (χ1n) is 5.90. The molecule has 0 amide bonds. The first-order valence-corrected chi connectivity index (χ1v) is 5.90. The number of hydrogen-bond acceptors (Lipinski definition) is 2. The molecule has 0 atom stereocenters. The van der Waals surface area contributed by atoms with Crippen molar-refractivity contribution < 1.29 is 9.21 Å². The summed E-state index contributed by atoms with van der Waals surface area (Å²) in [5, 5.41) is 0. The monoisotopic (exact) mass is 228 g/mol. The largest absolute Gasteiger partial charge is 0.469 e. The minimum absolute atomic E-state index is 0.0271. The number of aryl methyl sites for hydroxylation is 2. The van der Waals surface area contributed by atoms with Crippen LogP contribution in [0.5, 0.6) is 0 Å². The summed E-state index contributed by atoms with van der Waals surface area (Å²) in [6.07, 6.45) is 3.72. The second kappa shape index (κ2) is 5.00. The predicted octanol–water partition coefficient (Wildman–Crippen LogP) is 3.77. The molecule has 2 heteroatoms. The van der Waals surface area contributed by atoms with Crippen LogP contribution in [0.4, 0.5) is 0 Å². The molecule has 0 aliphatic heterocycles. The van der Waals surface area contributed by atoms with E-state index in [9.17, 15) is 4.79 Å². The Morgan fingerprint density at radius 1 is 1.18 bits per heavy atom. The summed E-state index contributed by atoms with van der Waals surface area (Å²) in [5.74, 6) is 0.701. The quantitative estimate of drug-likeness (QED) is 0.745. The molecule has 2 aromatic rings. The molecule has 0 aliphatic carbocycles. The van der Waals surface area contributed by atoms with Gasteiger partial charge in [-0.25, -0.2) is 0 Å². The minimum atomic E-state index is 0.0271. The molecule has 1 aromatic carbocycles. The summed E-state index contributed by atoms with van der Waals surface area (Å²) in [4.78, 5) is 12.1. The number of carbonyl (C=O) groups excluding carboxylic acids is 1. The van der Waals surface area contributed by atoms with E-state index in [0.29, 0.717) is 16.9 Å². The summed E-state index contributed by atoms with van der Waals surface area (Å²) >= 11 is 0. The fourth-order valence-electron chi connectivity index (χ4n) is 1.89. The van der Waals surface area contributed by atoms with Gasteiger partial charge in [-0.05, 0) is 25.0 Å². The molecule has 0 aliphatic rings. The van der Waals surface area contributed by atoms with Gasteiger partial charge in [-0.1, -0.05) is 37.6 Å². The molecule has 0 spiro atoms. The van der Waals surface area contributed by atoms with Gasteiger partial charge in [-0.2, -0.15) is 0 Å². The molecule has 0 N–H and O–H groups in total. The molecule has 0 unspecified atom stereocenters. The highest BCUT2D eigenvalue weighted by molar-refractivity contribution is 6.09. The fraction of sp³-hybridized carbons (Fsp3) is 0.267. The highest BCUT2D eigenvalue weighted by atomic mass is 16.3. The number of furan rings is 1. The average molecular weight is 228 g/mol. The molecule has 17 heavy (non-hydrogen) atoms. The lowest BCUT2D eigenvalue weighted by atomic mass is 10.0. The van der Waals surface area contributed by atoms with Crippen molar-refractivity contribution in [3.63, 3.8) is 0 Å².